The Balaban J connectivity index is 2.61. The maximum absolute atomic E-state index is 12.1. The van der Waals surface area contributed by atoms with Crippen LogP contribution in [0.2, 0.25) is 0 Å². The van der Waals surface area contributed by atoms with E-state index in [9.17, 15) is 4.79 Å². The predicted molar refractivity (Wildman–Crippen MR) is 62.5 cm³/mol. The molecule has 4 nitrogen and oxygen atoms in total. The molecule has 0 atom stereocenters. The van der Waals surface area contributed by atoms with Gasteiger partial charge in [0.2, 0.25) is 0 Å². The number of rotatable bonds is 3. The van der Waals surface area contributed by atoms with E-state index >= 15 is 0 Å². The Morgan fingerprint density at radius 3 is 2.88 bits per heavy atom. The van der Waals surface area contributed by atoms with Gasteiger partial charge in [-0.05, 0) is 25.5 Å². The summed E-state index contributed by atoms with van der Waals surface area (Å²) in [5.41, 5.74) is 0.567. The summed E-state index contributed by atoms with van der Waals surface area (Å²) in [5, 5.41) is 0.587. The van der Waals surface area contributed by atoms with Crippen LogP contribution >= 0.6 is 0 Å². The Morgan fingerprint density at radius 2 is 2.12 bits per heavy atom. The van der Waals surface area contributed by atoms with E-state index in [1.54, 1.807) is 13.0 Å². The molecule has 0 aliphatic rings. The van der Waals surface area contributed by atoms with Crippen LogP contribution in [0, 0.1) is 6.92 Å². The average molecular weight is 218 g/mol. The van der Waals surface area contributed by atoms with E-state index < -0.39 is 0 Å². The van der Waals surface area contributed by atoms with Crippen molar-refractivity contribution in [2.75, 3.05) is 6.61 Å². The van der Waals surface area contributed by atoms with Crippen molar-refractivity contribution >= 4 is 10.9 Å². The van der Waals surface area contributed by atoms with Crippen LogP contribution in [0.3, 0.4) is 0 Å². The van der Waals surface area contributed by atoms with Gasteiger partial charge in [-0.15, -0.1) is 4.73 Å². The molecule has 1 aromatic heterocycles. The summed E-state index contributed by atoms with van der Waals surface area (Å²) in [7, 11) is 0. The van der Waals surface area contributed by atoms with Crippen molar-refractivity contribution in [3.8, 4) is 0 Å². The van der Waals surface area contributed by atoms with Gasteiger partial charge in [-0.25, -0.2) is 4.98 Å². The first-order valence-corrected chi connectivity index (χ1v) is 5.35. The quantitative estimate of drug-likeness (QED) is 0.785. The molecule has 4 heteroatoms. The summed E-state index contributed by atoms with van der Waals surface area (Å²) in [6.45, 7) is 4.28. The zero-order valence-corrected chi connectivity index (χ0v) is 9.43. The summed E-state index contributed by atoms with van der Waals surface area (Å²) in [4.78, 5) is 21.7. The van der Waals surface area contributed by atoms with Crippen molar-refractivity contribution in [2.45, 2.75) is 20.3 Å². The lowest BCUT2D eigenvalue weighted by Crippen LogP contribution is -2.30. The largest absolute Gasteiger partial charge is 0.409 e. The molecular formula is C12H14N2O2. The molecule has 0 unspecified atom stereocenters. The molecule has 0 saturated carbocycles. The second-order valence-electron chi connectivity index (χ2n) is 3.61. The standard InChI is InChI=1S/C12H14N2O2/c1-3-8-16-14-9(2)13-11-7-5-4-6-10(11)12(14)15/h4-7H,3,8H2,1-2H3. The first-order valence-electron chi connectivity index (χ1n) is 5.35. The normalized spacial score (nSPS) is 10.6. The molecule has 0 N–H and O–H groups in total. The van der Waals surface area contributed by atoms with E-state index in [2.05, 4.69) is 4.98 Å². The summed E-state index contributed by atoms with van der Waals surface area (Å²) in [5.74, 6) is 0.581. The number of aryl methyl sites for hydroxylation is 1. The van der Waals surface area contributed by atoms with Crippen LogP contribution in [-0.4, -0.2) is 16.3 Å². The molecule has 1 aromatic carbocycles. The SMILES string of the molecule is CCCOn1c(C)nc2ccccc2c1=O. The number of hydrogen-bond donors (Lipinski definition) is 0. The van der Waals surface area contributed by atoms with E-state index in [4.69, 9.17) is 4.84 Å². The fourth-order valence-electron chi connectivity index (χ4n) is 1.56. The summed E-state index contributed by atoms with van der Waals surface area (Å²) >= 11 is 0. The Kier molecular flexibility index (Phi) is 2.90. The number of fused-ring (bicyclic) bond motifs is 1. The Labute approximate surface area is 93.5 Å². The highest BCUT2D eigenvalue weighted by molar-refractivity contribution is 5.77. The molecule has 0 aliphatic carbocycles. The third kappa shape index (κ3) is 1.78. The molecular weight excluding hydrogens is 204 g/mol. The van der Waals surface area contributed by atoms with Gasteiger partial charge in [0.05, 0.1) is 10.9 Å². The minimum atomic E-state index is -0.142. The number of nitrogens with zero attached hydrogens (tertiary/aromatic N) is 2. The maximum atomic E-state index is 12.1. The first kappa shape index (κ1) is 10.7. The Bertz CT molecular complexity index is 560. The van der Waals surface area contributed by atoms with Crippen molar-refractivity contribution < 1.29 is 4.84 Å². The highest BCUT2D eigenvalue weighted by Crippen LogP contribution is 2.06. The molecule has 1 heterocycles. The van der Waals surface area contributed by atoms with E-state index in [0.717, 1.165) is 6.42 Å². The van der Waals surface area contributed by atoms with Crippen LogP contribution in [0.15, 0.2) is 29.1 Å². The lowest BCUT2D eigenvalue weighted by atomic mass is 10.2. The Morgan fingerprint density at radius 1 is 1.38 bits per heavy atom. The van der Waals surface area contributed by atoms with Crippen molar-refractivity contribution in [2.24, 2.45) is 0 Å². The average Bonchev–Trinajstić information content (AvgIpc) is 2.29. The van der Waals surface area contributed by atoms with Gasteiger partial charge < -0.3 is 4.84 Å². The molecule has 0 amide bonds. The number of aromatic nitrogens is 2. The molecule has 2 rings (SSSR count). The third-order valence-corrected chi connectivity index (χ3v) is 2.32. The summed E-state index contributed by atoms with van der Waals surface area (Å²) < 4.78 is 1.27. The fraction of sp³-hybridized carbons (Fsp3) is 0.333. The van der Waals surface area contributed by atoms with Gasteiger partial charge in [-0.2, -0.15) is 0 Å². The number of benzene rings is 1. The number of para-hydroxylation sites is 1. The molecule has 0 fully saturated rings. The summed E-state index contributed by atoms with van der Waals surface area (Å²) in [6, 6.07) is 7.28. The van der Waals surface area contributed by atoms with Gasteiger partial charge in [0, 0.05) is 0 Å². The van der Waals surface area contributed by atoms with Crippen LogP contribution in [0.5, 0.6) is 0 Å². The smallest absolute Gasteiger partial charge is 0.294 e. The van der Waals surface area contributed by atoms with Crippen LogP contribution in [0.25, 0.3) is 10.9 Å². The van der Waals surface area contributed by atoms with Crippen molar-refractivity contribution in [1.82, 2.24) is 9.71 Å². The van der Waals surface area contributed by atoms with E-state index in [1.807, 2.05) is 25.1 Å². The van der Waals surface area contributed by atoms with Crippen LogP contribution in [0.1, 0.15) is 19.2 Å². The minimum Gasteiger partial charge on any atom is -0.409 e. The first-order chi connectivity index (χ1) is 7.74. The Hall–Kier alpha value is -1.84. The van der Waals surface area contributed by atoms with Crippen molar-refractivity contribution in [3.05, 3.63) is 40.4 Å². The van der Waals surface area contributed by atoms with Gasteiger partial charge in [0.15, 0.2) is 0 Å². The van der Waals surface area contributed by atoms with Gasteiger partial charge >= 0.3 is 0 Å². The number of hydrogen-bond acceptors (Lipinski definition) is 3. The predicted octanol–water partition coefficient (Wildman–Crippen LogP) is 1.54. The van der Waals surface area contributed by atoms with Crippen LogP contribution in [0.4, 0.5) is 0 Å². The molecule has 0 spiro atoms. The molecule has 0 radical (unpaired) electrons. The topological polar surface area (TPSA) is 44.1 Å². The third-order valence-electron chi connectivity index (χ3n) is 2.32. The second kappa shape index (κ2) is 4.35. The van der Waals surface area contributed by atoms with Crippen molar-refractivity contribution in [3.63, 3.8) is 0 Å². The molecule has 0 aliphatic heterocycles. The van der Waals surface area contributed by atoms with Crippen molar-refractivity contribution in [1.29, 1.82) is 0 Å². The monoisotopic (exact) mass is 218 g/mol. The van der Waals surface area contributed by atoms with E-state index in [-0.39, 0.29) is 5.56 Å². The molecule has 2 aromatic rings. The highest BCUT2D eigenvalue weighted by Gasteiger charge is 2.07. The molecule has 0 bridgehead atoms. The maximum Gasteiger partial charge on any atom is 0.294 e. The zero-order valence-electron chi connectivity index (χ0n) is 9.43. The lowest BCUT2D eigenvalue weighted by molar-refractivity contribution is 0.0960. The fourth-order valence-corrected chi connectivity index (χ4v) is 1.56. The van der Waals surface area contributed by atoms with Gasteiger partial charge in [-0.3, -0.25) is 4.79 Å². The van der Waals surface area contributed by atoms with E-state index in [0.29, 0.717) is 23.3 Å². The van der Waals surface area contributed by atoms with Crippen LogP contribution < -0.4 is 10.4 Å². The van der Waals surface area contributed by atoms with Gasteiger partial charge in [0.1, 0.15) is 12.4 Å². The molecule has 84 valence electrons. The van der Waals surface area contributed by atoms with E-state index in [1.165, 1.54) is 4.73 Å². The molecule has 16 heavy (non-hydrogen) atoms. The highest BCUT2D eigenvalue weighted by atomic mass is 16.7. The summed E-state index contributed by atoms with van der Waals surface area (Å²) in [6.07, 6.45) is 0.860. The lowest BCUT2D eigenvalue weighted by Gasteiger charge is -2.10. The van der Waals surface area contributed by atoms with Gasteiger partial charge in [-0.1, -0.05) is 19.1 Å². The second-order valence-corrected chi connectivity index (χ2v) is 3.61. The van der Waals surface area contributed by atoms with Gasteiger partial charge in [0.25, 0.3) is 5.56 Å². The molecule has 0 saturated heterocycles. The minimum absolute atomic E-state index is 0.142. The zero-order chi connectivity index (χ0) is 11.5. The van der Waals surface area contributed by atoms with Crippen LogP contribution in [-0.2, 0) is 0 Å².